The minimum Gasteiger partial charge on any atom is -0.431 e. The molecule has 8 heteroatoms. The number of ether oxygens (including phenoxy) is 2. The number of thiazole rings is 2. The van der Waals surface area contributed by atoms with Gasteiger partial charge in [0.2, 0.25) is 0 Å². The second-order valence-electron chi connectivity index (χ2n) is 9.98. The second-order valence-corrected chi connectivity index (χ2v) is 12.0. The molecule has 0 spiro atoms. The van der Waals surface area contributed by atoms with Gasteiger partial charge in [-0.25, -0.2) is 9.97 Å². The molecule has 1 saturated heterocycles. The van der Waals surface area contributed by atoms with E-state index in [1.165, 1.54) is 11.1 Å². The predicted molar refractivity (Wildman–Crippen MR) is 161 cm³/mol. The Morgan fingerprint density at radius 2 is 1.23 bits per heavy atom. The summed E-state index contributed by atoms with van der Waals surface area (Å²) in [5.74, 6) is 1.54. The first kappa shape index (κ1) is 25.2. The Balaban J connectivity index is 0.976. The van der Waals surface area contributed by atoms with Crippen molar-refractivity contribution in [3.8, 4) is 21.9 Å². The van der Waals surface area contributed by atoms with Crippen LogP contribution in [-0.2, 0) is 13.0 Å². The summed E-state index contributed by atoms with van der Waals surface area (Å²) in [4.78, 5) is 11.5. The first-order valence-electron chi connectivity index (χ1n) is 13.3. The molecular weight excluding hydrogens is 539 g/mol. The summed E-state index contributed by atoms with van der Waals surface area (Å²) in [6.07, 6.45) is 1.21. The van der Waals surface area contributed by atoms with Crippen LogP contribution < -0.4 is 9.47 Å². The van der Waals surface area contributed by atoms with Crippen LogP contribution in [0.3, 0.4) is 0 Å². The molecule has 2 aromatic heterocycles. The Morgan fingerprint density at radius 1 is 0.700 bits per heavy atom. The number of hydrogen-bond donors (Lipinski definition) is 1. The van der Waals surface area contributed by atoms with Crippen LogP contribution >= 0.6 is 22.7 Å². The second kappa shape index (κ2) is 11.0. The quantitative estimate of drug-likeness (QED) is 0.204. The molecule has 2 unspecified atom stereocenters. The van der Waals surface area contributed by atoms with Gasteiger partial charge < -0.3 is 14.6 Å². The number of aliphatic hydroxyl groups is 1. The lowest BCUT2D eigenvalue weighted by molar-refractivity contribution is 0.112. The minimum absolute atomic E-state index is 0.0645. The van der Waals surface area contributed by atoms with Gasteiger partial charge in [-0.15, -0.1) is 0 Å². The molecule has 0 radical (unpaired) electrons. The molecule has 6 aromatic rings. The zero-order chi connectivity index (χ0) is 26.9. The summed E-state index contributed by atoms with van der Waals surface area (Å²) >= 11 is 3.09. The molecule has 200 valence electrons. The van der Waals surface area contributed by atoms with Gasteiger partial charge in [-0.1, -0.05) is 71.2 Å². The Morgan fingerprint density at radius 3 is 1.77 bits per heavy atom. The van der Waals surface area contributed by atoms with E-state index < -0.39 is 0 Å². The molecule has 40 heavy (non-hydrogen) atoms. The lowest BCUT2D eigenvalue weighted by Crippen LogP contribution is -2.36. The standard InChI is InChI=1S/C32H27N3O3S2/c36-28-17-18-35(20-22-11-15-24(16-12-22)38-32-34-26-6-2-4-8-30(26)40-32)27(28)19-21-9-13-23(14-10-21)37-31-33-25-5-1-3-7-29(25)39-31/h1-16,27-28,36H,17-20H2. The van der Waals surface area contributed by atoms with Gasteiger partial charge in [-0.2, -0.15) is 0 Å². The SMILES string of the molecule is OC1CCN(Cc2ccc(Oc3nc4ccccc4s3)cc2)C1Cc1ccc(Oc2nc3ccccc3s2)cc1. The van der Waals surface area contributed by atoms with E-state index in [2.05, 4.69) is 45.2 Å². The topological polar surface area (TPSA) is 67.7 Å². The number of aliphatic hydroxyl groups excluding tert-OH is 1. The van der Waals surface area contributed by atoms with Crippen molar-refractivity contribution >= 4 is 43.1 Å². The monoisotopic (exact) mass is 565 g/mol. The van der Waals surface area contributed by atoms with Crippen LogP contribution in [0.15, 0.2) is 97.1 Å². The zero-order valence-corrected chi connectivity index (χ0v) is 23.3. The molecule has 0 aliphatic carbocycles. The normalized spacial score (nSPS) is 17.5. The molecule has 1 fully saturated rings. The molecule has 0 bridgehead atoms. The lowest BCUT2D eigenvalue weighted by Gasteiger charge is -2.26. The number of benzene rings is 4. The third-order valence-electron chi connectivity index (χ3n) is 7.26. The molecule has 2 atom stereocenters. The van der Waals surface area contributed by atoms with Gasteiger partial charge in [0.05, 0.1) is 26.5 Å². The van der Waals surface area contributed by atoms with Crippen molar-refractivity contribution in [2.24, 2.45) is 0 Å². The summed E-state index contributed by atoms with van der Waals surface area (Å²) in [5, 5.41) is 12.1. The highest BCUT2D eigenvalue weighted by Crippen LogP contribution is 2.33. The number of aromatic nitrogens is 2. The van der Waals surface area contributed by atoms with E-state index in [1.54, 1.807) is 22.7 Å². The molecule has 0 amide bonds. The van der Waals surface area contributed by atoms with Crippen LogP contribution in [0, 0.1) is 0 Å². The van der Waals surface area contributed by atoms with Gasteiger partial charge in [-0.05, 0) is 72.5 Å². The van der Waals surface area contributed by atoms with Crippen molar-refractivity contribution in [2.45, 2.75) is 31.5 Å². The predicted octanol–water partition coefficient (Wildman–Crippen LogP) is 7.67. The first-order chi connectivity index (χ1) is 19.7. The van der Waals surface area contributed by atoms with Crippen molar-refractivity contribution in [2.75, 3.05) is 6.54 Å². The van der Waals surface area contributed by atoms with Crippen molar-refractivity contribution in [1.29, 1.82) is 0 Å². The summed E-state index contributed by atoms with van der Waals surface area (Å²) in [6, 6.07) is 32.5. The minimum atomic E-state index is -0.347. The van der Waals surface area contributed by atoms with Gasteiger partial charge >= 0.3 is 0 Å². The largest absolute Gasteiger partial charge is 0.431 e. The van der Waals surface area contributed by atoms with Crippen LogP contribution in [0.25, 0.3) is 20.4 Å². The molecule has 0 saturated carbocycles. The van der Waals surface area contributed by atoms with Crippen LogP contribution in [0.2, 0.25) is 0 Å². The molecular formula is C32H27N3O3S2. The van der Waals surface area contributed by atoms with E-state index in [4.69, 9.17) is 9.47 Å². The maximum Gasteiger partial charge on any atom is 0.279 e. The van der Waals surface area contributed by atoms with Gasteiger partial charge in [0.25, 0.3) is 10.4 Å². The van der Waals surface area contributed by atoms with E-state index in [9.17, 15) is 5.11 Å². The van der Waals surface area contributed by atoms with Crippen molar-refractivity contribution in [1.82, 2.24) is 14.9 Å². The van der Waals surface area contributed by atoms with Crippen LogP contribution in [0.4, 0.5) is 0 Å². The Bertz CT molecular complexity index is 1680. The van der Waals surface area contributed by atoms with E-state index in [0.717, 1.165) is 57.9 Å². The Hall–Kier alpha value is -3.82. The maximum atomic E-state index is 10.8. The third-order valence-corrected chi connectivity index (χ3v) is 9.09. The molecule has 3 heterocycles. The Kier molecular flexibility index (Phi) is 6.91. The average Bonchev–Trinajstić information content (AvgIpc) is 3.67. The van der Waals surface area contributed by atoms with Crippen LogP contribution in [0.1, 0.15) is 17.5 Å². The number of para-hydroxylation sites is 2. The fraction of sp³-hybridized carbons (Fsp3) is 0.188. The van der Waals surface area contributed by atoms with E-state index >= 15 is 0 Å². The average molecular weight is 566 g/mol. The van der Waals surface area contributed by atoms with Crippen molar-refractivity contribution < 1.29 is 14.6 Å². The highest BCUT2D eigenvalue weighted by Gasteiger charge is 2.32. The van der Waals surface area contributed by atoms with E-state index in [0.29, 0.717) is 10.4 Å². The van der Waals surface area contributed by atoms with Gasteiger partial charge in [0.15, 0.2) is 0 Å². The third kappa shape index (κ3) is 5.44. The summed E-state index contributed by atoms with van der Waals surface area (Å²) < 4.78 is 14.2. The van der Waals surface area contributed by atoms with Crippen molar-refractivity contribution in [3.63, 3.8) is 0 Å². The fourth-order valence-corrected chi connectivity index (χ4v) is 6.85. The highest BCUT2D eigenvalue weighted by atomic mass is 32.1. The van der Waals surface area contributed by atoms with Crippen molar-refractivity contribution in [3.05, 3.63) is 108 Å². The number of rotatable bonds is 8. The molecule has 4 aromatic carbocycles. The molecule has 1 aliphatic rings. The van der Waals surface area contributed by atoms with Gasteiger partial charge in [-0.3, -0.25) is 4.90 Å². The summed E-state index contributed by atoms with van der Waals surface area (Å²) in [7, 11) is 0. The fourth-order valence-electron chi connectivity index (χ4n) is 5.18. The van der Waals surface area contributed by atoms with Gasteiger partial charge in [0.1, 0.15) is 11.5 Å². The molecule has 6 nitrogen and oxygen atoms in total. The molecule has 1 N–H and O–H groups in total. The number of hydrogen-bond acceptors (Lipinski definition) is 8. The summed E-state index contributed by atoms with van der Waals surface area (Å²) in [6.45, 7) is 1.65. The zero-order valence-electron chi connectivity index (χ0n) is 21.6. The molecule has 1 aliphatic heterocycles. The smallest absolute Gasteiger partial charge is 0.279 e. The number of fused-ring (bicyclic) bond motifs is 2. The lowest BCUT2D eigenvalue weighted by atomic mass is 10.0. The number of nitrogens with zero attached hydrogens (tertiary/aromatic N) is 3. The Labute approximate surface area is 240 Å². The summed E-state index contributed by atoms with van der Waals surface area (Å²) in [5.41, 5.74) is 4.26. The first-order valence-corrected chi connectivity index (χ1v) is 15.0. The molecule has 7 rings (SSSR count). The van der Waals surface area contributed by atoms with E-state index in [1.807, 2.05) is 66.7 Å². The highest BCUT2D eigenvalue weighted by molar-refractivity contribution is 7.20. The van der Waals surface area contributed by atoms with Crippen LogP contribution in [0.5, 0.6) is 21.9 Å². The van der Waals surface area contributed by atoms with E-state index in [-0.39, 0.29) is 12.1 Å². The number of likely N-dealkylation sites (tertiary alicyclic amines) is 1. The van der Waals surface area contributed by atoms with Gasteiger partial charge in [0, 0.05) is 19.1 Å². The maximum absolute atomic E-state index is 10.8. The van der Waals surface area contributed by atoms with Crippen LogP contribution in [-0.4, -0.2) is 38.7 Å².